The Morgan fingerprint density at radius 2 is 2.06 bits per heavy atom. The van der Waals surface area contributed by atoms with Crippen LogP contribution in [0.4, 0.5) is 0 Å². The van der Waals surface area contributed by atoms with Crippen LogP contribution in [0.3, 0.4) is 0 Å². The van der Waals surface area contributed by atoms with Gasteiger partial charge in [-0.3, -0.25) is 15.0 Å². The Morgan fingerprint density at radius 1 is 1.35 bits per heavy atom. The van der Waals surface area contributed by atoms with Gasteiger partial charge in [-0.15, -0.1) is 0 Å². The van der Waals surface area contributed by atoms with Crippen molar-refractivity contribution in [2.45, 2.75) is 20.8 Å². The molecule has 0 saturated heterocycles. The zero-order valence-corrected chi connectivity index (χ0v) is 9.94. The molecule has 2 rings (SSSR count). The molecule has 5 nitrogen and oxygen atoms in total. The number of rotatable bonds is 1. The third-order valence-corrected chi connectivity index (χ3v) is 2.46. The van der Waals surface area contributed by atoms with E-state index in [1.54, 1.807) is 19.1 Å². The lowest BCUT2D eigenvalue weighted by Crippen LogP contribution is -2.34. The summed E-state index contributed by atoms with van der Waals surface area (Å²) in [5, 5.41) is 0.504. The fourth-order valence-corrected chi connectivity index (χ4v) is 1.70. The number of nitrogens with zero attached hydrogens (tertiary/aromatic N) is 2. The third kappa shape index (κ3) is 2.04. The largest absolute Gasteiger partial charge is 0.280 e. The molecule has 1 heterocycles. The normalized spacial score (nSPS) is 10.5. The summed E-state index contributed by atoms with van der Waals surface area (Å²) in [6.07, 6.45) is 0. The van der Waals surface area contributed by atoms with Crippen molar-refractivity contribution >= 4 is 16.8 Å². The van der Waals surface area contributed by atoms with Gasteiger partial charge in [0.15, 0.2) is 0 Å². The number of hydrogen-bond donors (Lipinski definition) is 1. The molecule has 17 heavy (non-hydrogen) atoms. The fraction of sp³-hybridized carbons (Fsp3) is 0.250. The van der Waals surface area contributed by atoms with Crippen LogP contribution in [0.5, 0.6) is 0 Å². The van der Waals surface area contributed by atoms with Crippen LogP contribution in [0.2, 0.25) is 0 Å². The zero-order chi connectivity index (χ0) is 12.6. The van der Waals surface area contributed by atoms with Crippen molar-refractivity contribution in [1.82, 2.24) is 9.66 Å². The SMILES string of the molecule is CC(=O)Nn1c(C)nc2ccc(C)cc2c1=O. The number of hydrogen-bond acceptors (Lipinski definition) is 3. The molecule has 2 aromatic rings. The highest BCUT2D eigenvalue weighted by molar-refractivity contribution is 5.82. The van der Waals surface area contributed by atoms with E-state index in [1.807, 2.05) is 13.0 Å². The van der Waals surface area contributed by atoms with Crippen LogP contribution < -0.4 is 11.0 Å². The maximum atomic E-state index is 12.1. The summed E-state index contributed by atoms with van der Waals surface area (Å²) in [5.74, 6) is 0.158. The molecule has 1 N–H and O–H groups in total. The molecule has 88 valence electrons. The van der Waals surface area contributed by atoms with Crippen LogP contribution in [0.1, 0.15) is 18.3 Å². The maximum absolute atomic E-state index is 12.1. The Bertz CT molecular complexity index is 659. The molecule has 0 bridgehead atoms. The minimum atomic E-state index is -0.302. The topological polar surface area (TPSA) is 64.0 Å². The first-order valence-electron chi connectivity index (χ1n) is 5.26. The second kappa shape index (κ2) is 4.01. The molecule has 0 unspecified atom stereocenters. The van der Waals surface area contributed by atoms with Crippen LogP contribution in [0.15, 0.2) is 23.0 Å². The van der Waals surface area contributed by atoms with Gasteiger partial charge in [0.25, 0.3) is 5.56 Å². The van der Waals surface area contributed by atoms with Crippen LogP contribution >= 0.6 is 0 Å². The number of aromatic nitrogens is 2. The van der Waals surface area contributed by atoms with Crippen LogP contribution in [-0.2, 0) is 4.79 Å². The summed E-state index contributed by atoms with van der Waals surface area (Å²) in [6.45, 7) is 4.93. The lowest BCUT2D eigenvalue weighted by Gasteiger charge is -2.10. The number of fused-ring (bicyclic) bond motifs is 1. The number of amides is 1. The minimum Gasteiger partial charge on any atom is -0.274 e. The van der Waals surface area contributed by atoms with E-state index in [-0.39, 0.29) is 11.5 Å². The number of carbonyl (C=O) groups excluding carboxylic acids is 1. The van der Waals surface area contributed by atoms with Gasteiger partial charge in [0.2, 0.25) is 5.91 Å². The molecule has 0 saturated carbocycles. The number of benzene rings is 1. The van der Waals surface area contributed by atoms with E-state index in [0.717, 1.165) is 5.56 Å². The van der Waals surface area contributed by atoms with Crippen molar-refractivity contribution in [3.63, 3.8) is 0 Å². The molecular weight excluding hydrogens is 218 g/mol. The number of aryl methyl sites for hydroxylation is 2. The molecule has 5 heteroatoms. The van der Waals surface area contributed by atoms with Crippen LogP contribution in [-0.4, -0.2) is 15.6 Å². The van der Waals surface area contributed by atoms with Crippen molar-refractivity contribution in [2.75, 3.05) is 5.43 Å². The third-order valence-electron chi connectivity index (χ3n) is 2.46. The molecule has 1 aromatic heterocycles. The lowest BCUT2D eigenvalue weighted by molar-refractivity contribution is -0.115. The first-order valence-corrected chi connectivity index (χ1v) is 5.26. The Balaban J connectivity index is 2.78. The average Bonchev–Trinajstić information content (AvgIpc) is 2.25. The quantitative estimate of drug-likeness (QED) is 0.799. The first kappa shape index (κ1) is 11.3. The fourth-order valence-electron chi connectivity index (χ4n) is 1.70. The molecule has 0 aliphatic heterocycles. The number of carbonyl (C=O) groups is 1. The Kier molecular flexibility index (Phi) is 2.67. The van der Waals surface area contributed by atoms with E-state index in [2.05, 4.69) is 10.4 Å². The molecule has 1 amide bonds. The van der Waals surface area contributed by atoms with Gasteiger partial charge in [0.1, 0.15) is 5.82 Å². The van der Waals surface area contributed by atoms with Crippen molar-refractivity contribution in [3.05, 3.63) is 39.9 Å². The van der Waals surface area contributed by atoms with Crippen molar-refractivity contribution in [3.8, 4) is 0 Å². The molecule has 0 aliphatic carbocycles. The van der Waals surface area contributed by atoms with Crippen molar-refractivity contribution < 1.29 is 4.79 Å². The molecule has 0 aliphatic rings. The first-order chi connectivity index (χ1) is 7.99. The summed E-state index contributed by atoms with van der Waals surface area (Å²) >= 11 is 0. The van der Waals surface area contributed by atoms with Crippen LogP contribution in [0.25, 0.3) is 10.9 Å². The van der Waals surface area contributed by atoms with Gasteiger partial charge in [-0.05, 0) is 26.0 Å². The van der Waals surface area contributed by atoms with E-state index in [4.69, 9.17) is 0 Å². The smallest absolute Gasteiger partial charge is 0.274 e. The lowest BCUT2D eigenvalue weighted by atomic mass is 10.2. The molecule has 1 aromatic carbocycles. The predicted octanol–water partition coefficient (Wildman–Crippen LogP) is 1.10. The van der Waals surface area contributed by atoms with E-state index >= 15 is 0 Å². The highest BCUT2D eigenvalue weighted by Gasteiger charge is 2.08. The zero-order valence-electron chi connectivity index (χ0n) is 9.94. The van der Waals surface area contributed by atoms with E-state index in [1.165, 1.54) is 11.6 Å². The molecule has 0 atom stereocenters. The van der Waals surface area contributed by atoms with Gasteiger partial charge in [0, 0.05) is 6.92 Å². The molecule has 0 fully saturated rings. The van der Waals surface area contributed by atoms with Crippen molar-refractivity contribution in [1.29, 1.82) is 0 Å². The summed E-state index contributed by atoms with van der Waals surface area (Å²) in [6, 6.07) is 5.47. The predicted molar refractivity (Wildman–Crippen MR) is 65.5 cm³/mol. The van der Waals surface area contributed by atoms with Crippen LogP contribution in [0, 0.1) is 13.8 Å². The second-order valence-electron chi connectivity index (χ2n) is 3.99. The average molecular weight is 231 g/mol. The van der Waals surface area contributed by atoms with Gasteiger partial charge in [0.05, 0.1) is 10.9 Å². The summed E-state index contributed by atoms with van der Waals surface area (Å²) in [5.41, 5.74) is 3.82. The van der Waals surface area contributed by atoms with Gasteiger partial charge >= 0.3 is 0 Å². The Hall–Kier alpha value is -2.17. The highest BCUT2D eigenvalue weighted by atomic mass is 16.2. The van der Waals surface area contributed by atoms with Gasteiger partial charge in [-0.2, -0.15) is 0 Å². The van der Waals surface area contributed by atoms with Crippen molar-refractivity contribution in [2.24, 2.45) is 0 Å². The monoisotopic (exact) mass is 231 g/mol. The van der Waals surface area contributed by atoms with Gasteiger partial charge < -0.3 is 0 Å². The standard InChI is InChI=1S/C12H13N3O2/c1-7-4-5-11-10(6-7)12(17)15(8(2)13-11)14-9(3)16/h4-6H,1-3H3,(H,14,16). The van der Waals surface area contributed by atoms with Gasteiger partial charge in [-0.25, -0.2) is 9.66 Å². The second-order valence-corrected chi connectivity index (χ2v) is 3.99. The summed E-state index contributed by atoms with van der Waals surface area (Å²) < 4.78 is 1.17. The van der Waals surface area contributed by atoms with E-state index in [9.17, 15) is 9.59 Å². The maximum Gasteiger partial charge on any atom is 0.280 e. The summed E-state index contributed by atoms with van der Waals surface area (Å²) in [7, 11) is 0. The molecule has 0 spiro atoms. The van der Waals surface area contributed by atoms with E-state index in [0.29, 0.717) is 16.7 Å². The highest BCUT2D eigenvalue weighted by Crippen LogP contribution is 2.09. The van der Waals surface area contributed by atoms with E-state index < -0.39 is 0 Å². The minimum absolute atomic E-state index is 0.258. The Labute approximate surface area is 98.1 Å². The molecule has 0 radical (unpaired) electrons. The molecular formula is C12H13N3O2. The Morgan fingerprint density at radius 3 is 2.71 bits per heavy atom. The summed E-state index contributed by atoms with van der Waals surface area (Å²) in [4.78, 5) is 27.4. The van der Waals surface area contributed by atoms with Gasteiger partial charge in [-0.1, -0.05) is 11.6 Å². The number of nitrogens with one attached hydrogen (secondary N) is 1.